The third kappa shape index (κ3) is 4.13. The van der Waals surface area contributed by atoms with Gasteiger partial charge in [0.1, 0.15) is 5.01 Å². The molecule has 140 valence electrons. The molecule has 0 radical (unpaired) electrons. The Balaban J connectivity index is 1.40. The molecule has 0 aliphatic heterocycles. The van der Waals surface area contributed by atoms with E-state index in [0.717, 1.165) is 21.8 Å². The van der Waals surface area contributed by atoms with Crippen LogP contribution < -0.4 is 0 Å². The van der Waals surface area contributed by atoms with E-state index in [4.69, 9.17) is 9.15 Å². The fraction of sp³-hybridized carbons (Fsp3) is 0.100. The molecule has 0 saturated carbocycles. The largest absolute Gasteiger partial charge is 0.465 e. The molecule has 0 spiro atoms. The van der Waals surface area contributed by atoms with Gasteiger partial charge >= 0.3 is 5.97 Å². The summed E-state index contributed by atoms with van der Waals surface area (Å²) >= 11 is 3.00. The van der Waals surface area contributed by atoms with Gasteiger partial charge in [-0.1, -0.05) is 42.1 Å². The van der Waals surface area contributed by atoms with Gasteiger partial charge in [-0.25, -0.2) is 9.78 Å². The molecule has 2 aromatic carbocycles. The lowest BCUT2D eigenvalue weighted by atomic mass is 10.1. The molecule has 2 heterocycles. The lowest BCUT2D eigenvalue weighted by Crippen LogP contribution is -2.00. The number of ether oxygens (including phenoxy) is 1. The van der Waals surface area contributed by atoms with E-state index < -0.39 is 0 Å². The number of nitrogens with zero attached hydrogens (tertiary/aromatic N) is 3. The highest BCUT2D eigenvalue weighted by Crippen LogP contribution is 2.29. The monoisotopic (exact) mass is 409 g/mol. The molecule has 6 nitrogen and oxygen atoms in total. The highest BCUT2D eigenvalue weighted by atomic mass is 32.2. The van der Waals surface area contributed by atoms with E-state index in [-0.39, 0.29) is 5.97 Å². The Kier molecular flexibility index (Phi) is 5.50. The van der Waals surface area contributed by atoms with E-state index in [0.29, 0.717) is 22.4 Å². The van der Waals surface area contributed by atoms with Gasteiger partial charge in [0.15, 0.2) is 0 Å². The van der Waals surface area contributed by atoms with Crippen LogP contribution in [0.2, 0.25) is 0 Å². The maximum Gasteiger partial charge on any atom is 0.337 e. The molecule has 0 N–H and O–H groups in total. The molecule has 4 aromatic rings. The van der Waals surface area contributed by atoms with Crippen LogP contribution in [0.5, 0.6) is 0 Å². The van der Waals surface area contributed by atoms with Gasteiger partial charge in [0.25, 0.3) is 5.22 Å². The third-order valence-electron chi connectivity index (χ3n) is 3.88. The number of thiazole rings is 1. The first-order valence-corrected chi connectivity index (χ1v) is 10.2. The highest BCUT2D eigenvalue weighted by molar-refractivity contribution is 7.98. The molecule has 0 fully saturated rings. The van der Waals surface area contributed by atoms with Crippen molar-refractivity contribution in [1.29, 1.82) is 0 Å². The number of hydrogen-bond donors (Lipinski definition) is 0. The Morgan fingerprint density at radius 3 is 2.61 bits per heavy atom. The van der Waals surface area contributed by atoms with Crippen molar-refractivity contribution in [3.8, 4) is 22.0 Å². The fourth-order valence-corrected chi connectivity index (χ4v) is 4.06. The number of hydrogen-bond acceptors (Lipinski definition) is 8. The van der Waals surface area contributed by atoms with E-state index in [2.05, 4.69) is 15.2 Å². The van der Waals surface area contributed by atoms with Crippen LogP contribution in [0.1, 0.15) is 16.1 Å². The van der Waals surface area contributed by atoms with Gasteiger partial charge in [0.2, 0.25) is 5.89 Å². The minimum absolute atomic E-state index is 0.350. The van der Waals surface area contributed by atoms with Crippen LogP contribution in [-0.2, 0) is 10.5 Å². The summed E-state index contributed by atoms with van der Waals surface area (Å²) < 4.78 is 10.4. The van der Waals surface area contributed by atoms with E-state index in [1.807, 2.05) is 47.8 Å². The van der Waals surface area contributed by atoms with Crippen LogP contribution in [0, 0.1) is 0 Å². The van der Waals surface area contributed by atoms with Crippen LogP contribution >= 0.6 is 23.1 Å². The van der Waals surface area contributed by atoms with Gasteiger partial charge < -0.3 is 9.15 Å². The Morgan fingerprint density at radius 1 is 1.07 bits per heavy atom. The first-order chi connectivity index (χ1) is 13.7. The number of benzene rings is 2. The molecule has 0 atom stereocenters. The second-order valence-corrected chi connectivity index (χ2v) is 7.53. The smallest absolute Gasteiger partial charge is 0.337 e. The van der Waals surface area contributed by atoms with Crippen LogP contribution in [-0.4, -0.2) is 28.3 Å². The average Bonchev–Trinajstić information content (AvgIpc) is 3.42. The summed E-state index contributed by atoms with van der Waals surface area (Å²) in [5.41, 5.74) is 3.30. The molecule has 8 heteroatoms. The van der Waals surface area contributed by atoms with Crippen LogP contribution in [0.3, 0.4) is 0 Å². The molecular weight excluding hydrogens is 394 g/mol. The molecular formula is C20H15N3O3S2. The van der Waals surface area contributed by atoms with Crippen LogP contribution in [0.15, 0.2) is 69.6 Å². The van der Waals surface area contributed by atoms with Gasteiger partial charge in [0.05, 0.1) is 18.4 Å². The summed E-state index contributed by atoms with van der Waals surface area (Å²) in [6.07, 6.45) is 0. The van der Waals surface area contributed by atoms with Gasteiger partial charge in [-0.2, -0.15) is 0 Å². The van der Waals surface area contributed by atoms with Crippen molar-refractivity contribution >= 4 is 29.1 Å². The topological polar surface area (TPSA) is 78.1 Å². The van der Waals surface area contributed by atoms with Gasteiger partial charge in [-0.3, -0.25) is 0 Å². The Morgan fingerprint density at radius 2 is 1.86 bits per heavy atom. The van der Waals surface area contributed by atoms with Gasteiger partial charge in [-0.15, -0.1) is 21.5 Å². The first kappa shape index (κ1) is 18.4. The van der Waals surface area contributed by atoms with Crippen molar-refractivity contribution in [3.63, 3.8) is 0 Å². The second-order valence-electron chi connectivity index (χ2n) is 5.74. The zero-order valence-corrected chi connectivity index (χ0v) is 16.5. The average molecular weight is 409 g/mol. The van der Waals surface area contributed by atoms with Crippen molar-refractivity contribution < 1.29 is 13.9 Å². The molecule has 4 rings (SSSR count). The Labute approximate surface area is 169 Å². The summed E-state index contributed by atoms with van der Waals surface area (Å²) in [5, 5.41) is 11.6. The van der Waals surface area contributed by atoms with Gasteiger partial charge in [0, 0.05) is 22.3 Å². The number of rotatable bonds is 6. The minimum atomic E-state index is -0.350. The zero-order chi connectivity index (χ0) is 19.3. The lowest BCUT2D eigenvalue weighted by Gasteiger charge is -2.00. The fourth-order valence-electron chi connectivity index (χ4n) is 2.47. The molecule has 0 bridgehead atoms. The maximum absolute atomic E-state index is 11.5. The van der Waals surface area contributed by atoms with E-state index in [1.54, 1.807) is 23.5 Å². The molecule has 0 saturated heterocycles. The number of carbonyl (C=O) groups excluding carboxylic acids is 1. The predicted octanol–water partition coefficient (Wildman–Crippen LogP) is 4.94. The van der Waals surface area contributed by atoms with Crippen molar-refractivity contribution in [2.75, 3.05) is 7.11 Å². The quantitative estimate of drug-likeness (QED) is 0.330. The molecule has 28 heavy (non-hydrogen) atoms. The van der Waals surface area contributed by atoms with Crippen molar-refractivity contribution in [3.05, 3.63) is 71.2 Å². The van der Waals surface area contributed by atoms with Crippen molar-refractivity contribution in [2.45, 2.75) is 11.0 Å². The van der Waals surface area contributed by atoms with E-state index in [9.17, 15) is 4.79 Å². The number of aromatic nitrogens is 3. The number of thioether (sulfide) groups is 1. The molecule has 0 amide bonds. The summed E-state index contributed by atoms with van der Waals surface area (Å²) in [6.45, 7) is 0. The molecule has 0 unspecified atom stereocenters. The first-order valence-electron chi connectivity index (χ1n) is 8.38. The number of carbonyl (C=O) groups is 1. The van der Waals surface area contributed by atoms with E-state index in [1.165, 1.54) is 18.9 Å². The van der Waals surface area contributed by atoms with Crippen molar-refractivity contribution in [1.82, 2.24) is 15.2 Å². The SMILES string of the molecule is COC(=O)c1ccc(-c2nc(CSc3nnc(-c4ccccc4)o3)cs2)cc1. The Hall–Kier alpha value is -2.97. The van der Waals surface area contributed by atoms with Gasteiger partial charge in [-0.05, 0) is 24.3 Å². The maximum atomic E-state index is 11.5. The lowest BCUT2D eigenvalue weighted by molar-refractivity contribution is 0.0601. The summed E-state index contributed by atoms with van der Waals surface area (Å²) in [7, 11) is 1.37. The van der Waals surface area contributed by atoms with Crippen molar-refractivity contribution in [2.24, 2.45) is 0 Å². The minimum Gasteiger partial charge on any atom is -0.465 e. The van der Waals surface area contributed by atoms with Crippen LogP contribution in [0.4, 0.5) is 0 Å². The normalized spacial score (nSPS) is 10.8. The number of methoxy groups -OCH3 is 1. The highest BCUT2D eigenvalue weighted by Gasteiger charge is 2.11. The summed E-state index contributed by atoms with van der Waals surface area (Å²) in [4.78, 5) is 16.2. The molecule has 0 aliphatic rings. The Bertz CT molecular complexity index is 1080. The predicted molar refractivity (Wildman–Crippen MR) is 108 cm³/mol. The van der Waals surface area contributed by atoms with Crippen LogP contribution in [0.25, 0.3) is 22.0 Å². The second kappa shape index (κ2) is 8.37. The third-order valence-corrected chi connectivity index (χ3v) is 5.67. The number of esters is 1. The molecule has 2 aromatic heterocycles. The summed E-state index contributed by atoms with van der Waals surface area (Å²) in [6, 6.07) is 16.9. The molecule has 0 aliphatic carbocycles. The zero-order valence-electron chi connectivity index (χ0n) is 14.9. The summed E-state index contributed by atoms with van der Waals surface area (Å²) in [5.74, 6) is 0.789. The standard InChI is InChI=1S/C20H15N3O3S2/c1-25-19(24)15-9-7-14(8-10-15)18-21-16(11-27-18)12-28-20-23-22-17(26-20)13-5-3-2-4-6-13/h2-11H,12H2,1H3. The van der Waals surface area contributed by atoms with E-state index >= 15 is 0 Å².